The predicted molar refractivity (Wildman–Crippen MR) is 145 cm³/mol. The molecule has 0 bridgehead atoms. The van der Waals surface area contributed by atoms with E-state index in [1.165, 1.54) is 0 Å². The van der Waals surface area contributed by atoms with Crippen LogP contribution < -0.4 is 0 Å². The van der Waals surface area contributed by atoms with Crippen LogP contribution in [0.4, 0.5) is 0 Å². The van der Waals surface area contributed by atoms with Crippen LogP contribution in [0.15, 0.2) is 0 Å². The van der Waals surface area contributed by atoms with Crippen molar-refractivity contribution in [2.75, 3.05) is 146 Å². The molecule has 4 saturated heterocycles. The molecule has 0 amide bonds. The normalized spacial score (nSPS) is 22.9. The molecule has 0 aliphatic carbocycles. The number of nitrogens with zero attached hydrogens (tertiary/aromatic N) is 6. The van der Waals surface area contributed by atoms with Crippen molar-refractivity contribution in [2.45, 2.75) is 25.7 Å². The molecule has 234 valence electrons. The molecular formula is C26H52N6O8. The monoisotopic (exact) mass is 576 g/mol. The van der Waals surface area contributed by atoms with Gasteiger partial charge in [0.2, 0.25) is 0 Å². The van der Waals surface area contributed by atoms with Gasteiger partial charge in [0.05, 0.1) is 0 Å². The largest absolute Gasteiger partial charge is 0.340 e. The Morgan fingerprint density at radius 3 is 0.775 bits per heavy atom. The first kappa shape index (κ1) is 32.4. The third-order valence-electron chi connectivity index (χ3n) is 7.38. The topological polar surface area (TPSA) is 93.3 Å². The van der Waals surface area contributed by atoms with Crippen LogP contribution in [0.2, 0.25) is 0 Å². The van der Waals surface area contributed by atoms with Crippen LogP contribution in [0.1, 0.15) is 25.7 Å². The average molecular weight is 577 g/mol. The fourth-order valence-electron chi connectivity index (χ4n) is 5.26. The molecule has 4 aliphatic heterocycles. The summed E-state index contributed by atoms with van der Waals surface area (Å²) in [5.41, 5.74) is 0. The molecule has 0 aromatic heterocycles. The van der Waals surface area contributed by atoms with Crippen LogP contribution in [0, 0.1) is 0 Å². The van der Waals surface area contributed by atoms with Gasteiger partial charge in [0.25, 0.3) is 0 Å². The van der Waals surface area contributed by atoms with Crippen LogP contribution >= 0.6 is 0 Å². The maximum Gasteiger partial charge on any atom is 0.150 e. The second-order valence-corrected chi connectivity index (χ2v) is 10.8. The van der Waals surface area contributed by atoms with E-state index in [2.05, 4.69) is 29.4 Å². The Morgan fingerprint density at radius 1 is 0.325 bits per heavy atom. The van der Waals surface area contributed by atoms with E-state index in [0.717, 1.165) is 91.1 Å². The summed E-state index contributed by atoms with van der Waals surface area (Å²) in [5, 5.41) is 0. The summed E-state index contributed by atoms with van der Waals surface area (Å²) < 4.78 is 43.4. The fourth-order valence-corrected chi connectivity index (χ4v) is 5.26. The molecular weight excluding hydrogens is 524 g/mol. The standard InChI is InChI=1S/C26H52N6O8/c1(9-29-15-33-23-34-16-29)5-27(6-2-10-30-17-35-24-36-18-30)13-14-28(7-3-11-31-19-37-25-38-20-31)8-4-12-32-21-39-26-40-22-32/h1-26H2. The Kier molecular flexibility index (Phi) is 16.5. The molecule has 14 nitrogen and oxygen atoms in total. The molecule has 4 fully saturated rings. The minimum atomic E-state index is 0.401. The van der Waals surface area contributed by atoms with Gasteiger partial charge in [-0.05, 0) is 51.9 Å². The zero-order chi connectivity index (χ0) is 27.5. The quantitative estimate of drug-likeness (QED) is 0.207. The van der Waals surface area contributed by atoms with Crippen molar-refractivity contribution in [3.63, 3.8) is 0 Å². The summed E-state index contributed by atoms with van der Waals surface area (Å²) in [4.78, 5) is 14.1. The van der Waals surface area contributed by atoms with Crippen molar-refractivity contribution in [1.82, 2.24) is 29.4 Å². The molecule has 0 aromatic carbocycles. The molecule has 0 spiro atoms. The van der Waals surface area contributed by atoms with Gasteiger partial charge in [0.1, 0.15) is 81.0 Å². The van der Waals surface area contributed by atoms with E-state index in [4.69, 9.17) is 37.9 Å². The lowest BCUT2D eigenvalue weighted by Crippen LogP contribution is -2.42. The summed E-state index contributed by atoms with van der Waals surface area (Å²) in [7, 11) is 0. The van der Waals surface area contributed by atoms with E-state index in [9.17, 15) is 0 Å². The van der Waals surface area contributed by atoms with Gasteiger partial charge < -0.3 is 47.7 Å². The predicted octanol–water partition coefficient (Wildman–Crippen LogP) is 0.0360. The smallest absolute Gasteiger partial charge is 0.150 e. The molecule has 40 heavy (non-hydrogen) atoms. The van der Waals surface area contributed by atoms with E-state index < -0.39 is 0 Å². The maximum atomic E-state index is 5.43. The Bertz CT molecular complexity index is 520. The van der Waals surface area contributed by atoms with Crippen molar-refractivity contribution in [2.24, 2.45) is 0 Å². The SMILES string of the molecule is C(CN(CCCN1COCOC1)CCN(CCCN1COCOC1)CCCN1COCOC1)CN1COCOC1. The van der Waals surface area contributed by atoms with Crippen LogP contribution in [0.5, 0.6) is 0 Å². The third kappa shape index (κ3) is 13.6. The highest BCUT2D eigenvalue weighted by atomic mass is 16.7. The second kappa shape index (κ2) is 20.4. The molecule has 4 heterocycles. The number of rotatable bonds is 19. The Morgan fingerprint density at radius 2 is 0.550 bits per heavy atom. The number of ether oxygens (including phenoxy) is 8. The Labute approximate surface area is 239 Å². The van der Waals surface area contributed by atoms with Crippen LogP contribution in [0.3, 0.4) is 0 Å². The summed E-state index contributed by atoms with van der Waals surface area (Å²) in [6, 6.07) is 0. The lowest BCUT2D eigenvalue weighted by atomic mass is 10.2. The van der Waals surface area contributed by atoms with E-state index >= 15 is 0 Å². The highest BCUT2D eigenvalue weighted by molar-refractivity contribution is 4.68. The molecule has 4 aliphatic rings. The first-order chi connectivity index (χ1) is 19.8. The summed E-state index contributed by atoms with van der Waals surface area (Å²) >= 11 is 0. The van der Waals surface area contributed by atoms with Crippen LogP contribution in [-0.2, 0) is 37.9 Å². The van der Waals surface area contributed by atoms with E-state index in [1.54, 1.807) is 0 Å². The van der Waals surface area contributed by atoms with E-state index in [1.807, 2.05) is 0 Å². The van der Waals surface area contributed by atoms with Crippen LogP contribution in [0.25, 0.3) is 0 Å². The first-order valence-electron chi connectivity index (χ1n) is 14.8. The van der Waals surface area contributed by atoms with Gasteiger partial charge in [-0.25, -0.2) is 0 Å². The van der Waals surface area contributed by atoms with Gasteiger partial charge in [-0.1, -0.05) is 0 Å². The van der Waals surface area contributed by atoms with Gasteiger partial charge in [-0.2, -0.15) is 0 Å². The molecule has 14 heteroatoms. The van der Waals surface area contributed by atoms with E-state index in [0.29, 0.717) is 81.0 Å². The molecule has 0 aromatic rings. The van der Waals surface area contributed by atoms with Gasteiger partial charge in [0, 0.05) is 39.3 Å². The van der Waals surface area contributed by atoms with E-state index in [-0.39, 0.29) is 0 Å². The van der Waals surface area contributed by atoms with Gasteiger partial charge >= 0.3 is 0 Å². The first-order valence-corrected chi connectivity index (χ1v) is 14.8. The molecule has 0 radical (unpaired) electrons. The van der Waals surface area contributed by atoms with Crippen molar-refractivity contribution in [3.05, 3.63) is 0 Å². The summed E-state index contributed by atoms with van der Waals surface area (Å²) in [5.74, 6) is 0. The number of hydrogen-bond donors (Lipinski definition) is 0. The lowest BCUT2D eigenvalue weighted by molar-refractivity contribution is -0.183. The van der Waals surface area contributed by atoms with Crippen molar-refractivity contribution in [1.29, 1.82) is 0 Å². The second-order valence-electron chi connectivity index (χ2n) is 10.8. The Hall–Kier alpha value is -0.560. The minimum Gasteiger partial charge on any atom is -0.340 e. The zero-order valence-electron chi connectivity index (χ0n) is 24.3. The third-order valence-corrected chi connectivity index (χ3v) is 7.38. The highest BCUT2D eigenvalue weighted by Crippen LogP contribution is 2.07. The van der Waals surface area contributed by atoms with Crippen molar-refractivity contribution < 1.29 is 37.9 Å². The molecule has 0 N–H and O–H groups in total. The summed E-state index contributed by atoms with van der Waals surface area (Å²) in [6.45, 7) is 17.1. The minimum absolute atomic E-state index is 0.401. The summed E-state index contributed by atoms with van der Waals surface area (Å²) in [6.07, 6.45) is 4.36. The molecule has 0 saturated carbocycles. The average Bonchev–Trinajstić information content (AvgIpc) is 3.01. The van der Waals surface area contributed by atoms with Gasteiger partial charge in [-0.15, -0.1) is 0 Å². The maximum absolute atomic E-state index is 5.43. The highest BCUT2D eigenvalue weighted by Gasteiger charge is 2.17. The molecule has 0 atom stereocenters. The molecule has 4 rings (SSSR count). The lowest BCUT2D eigenvalue weighted by Gasteiger charge is -2.32. The van der Waals surface area contributed by atoms with Gasteiger partial charge in [0.15, 0.2) is 0 Å². The Balaban J connectivity index is 1.22. The van der Waals surface area contributed by atoms with Crippen molar-refractivity contribution in [3.8, 4) is 0 Å². The zero-order valence-corrected chi connectivity index (χ0v) is 24.3. The number of hydrogen-bond acceptors (Lipinski definition) is 14. The fraction of sp³-hybridized carbons (Fsp3) is 1.00. The van der Waals surface area contributed by atoms with Crippen molar-refractivity contribution >= 4 is 0 Å². The van der Waals surface area contributed by atoms with Gasteiger partial charge in [-0.3, -0.25) is 19.6 Å². The van der Waals surface area contributed by atoms with Crippen LogP contribution in [-0.4, -0.2) is 176 Å². The molecule has 0 unspecified atom stereocenters.